The molecule has 1 N–H and O–H groups in total. The number of fused-ring (bicyclic) bond motifs is 1. The first-order valence-electron chi connectivity index (χ1n) is 9.59. The van der Waals surface area contributed by atoms with Crippen LogP contribution in [0.15, 0.2) is 30.6 Å². The minimum atomic E-state index is -0.196. The van der Waals surface area contributed by atoms with E-state index in [1.54, 1.807) is 23.5 Å². The third-order valence-corrected chi connectivity index (χ3v) is 7.19. The summed E-state index contributed by atoms with van der Waals surface area (Å²) < 4.78 is 16.6. The highest BCUT2D eigenvalue weighted by molar-refractivity contribution is 7.18. The van der Waals surface area contributed by atoms with Gasteiger partial charge in [0, 0.05) is 25.5 Å². The van der Waals surface area contributed by atoms with E-state index in [-0.39, 0.29) is 18.2 Å². The van der Waals surface area contributed by atoms with E-state index in [1.807, 2.05) is 19.4 Å². The Kier molecular flexibility index (Phi) is 5.44. The lowest BCUT2D eigenvalue weighted by Gasteiger charge is -2.29. The van der Waals surface area contributed by atoms with Crippen molar-refractivity contribution in [2.75, 3.05) is 13.1 Å². The van der Waals surface area contributed by atoms with Crippen molar-refractivity contribution in [2.24, 2.45) is 12.5 Å². The van der Waals surface area contributed by atoms with E-state index in [9.17, 15) is 4.39 Å². The molecule has 0 bridgehead atoms. The van der Waals surface area contributed by atoms with Crippen LogP contribution in [0.25, 0.3) is 10.2 Å². The minimum Gasteiger partial charge on any atom is -0.337 e. The fourth-order valence-corrected chi connectivity index (χ4v) is 5.52. The second kappa shape index (κ2) is 7.71. The van der Waals surface area contributed by atoms with Crippen molar-refractivity contribution in [1.82, 2.24) is 24.8 Å². The summed E-state index contributed by atoms with van der Waals surface area (Å²) in [5, 5.41) is 4.54. The van der Waals surface area contributed by atoms with Crippen molar-refractivity contribution in [3.05, 3.63) is 47.2 Å². The van der Waals surface area contributed by atoms with Gasteiger partial charge < -0.3 is 9.88 Å². The molecular formula is C20H25ClFN5S. The number of piperidine rings is 1. The average Bonchev–Trinajstić information content (AvgIpc) is 2.98. The molecule has 1 atom stereocenters. The van der Waals surface area contributed by atoms with Gasteiger partial charge in [-0.1, -0.05) is 0 Å². The van der Waals surface area contributed by atoms with Crippen LogP contribution in [0, 0.1) is 11.2 Å². The topological polar surface area (TPSA) is 46.0 Å². The van der Waals surface area contributed by atoms with E-state index in [2.05, 4.69) is 19.8 Å². The molecule has 3 aromatic rings. The van der Waals surface area contributed by atoms with Gasteiger partial charge in [0.15, 0.2) is 0 Å². The van der Waals surface area contributed by atoms with Crippen molar-refractivity contribution >= 4 is 34.0 Å². The van der Waals surface area contributed by atoms with Crippen LogP contribution in [0.3, 0.4) is 0 Å². The summed E-state index contributed by atoms with van der Waals surface area (Å²) in [6, 6.07) is 5.44. The Morgan fingerprint density at radius 3 is 2.89 bits per heavy atom. The maximum absolute atomic E-state index is 13.5. The van der Waals surface area contributed by atoms with Crippen LogP contribution < -0.4 is 5.32 Å². The Hall–Kier alpha value is -1.54. The number of hydrogen-bond acceptors (Lipinski definition) is 5. The summed E-state index contributed by atoms with van der Waals surface area (Å²) in [5.74, 6) is 0.886. The zero-order valence-corrected chi connectivity index (χ0v) is 17.5. The number of aryl methyl sites for hydroxylation is 1. The fraction of sp³-hybridized carbons (Fsp3) is 0.500. The summed E-state index contributed by atoms with van der Waals surface area (Å²) >= 11 is 1.60. The van der Waals surface area contributed by atoms with Crippen LogP contribution in [0.5, 0.6) is 0 Å². The molecule has 150 valence electrons. The Morgan fingerprint density at radius 1 is 1.32 bits per heavy atom. The minimum absolute atomic E-state index is 0. The largest absolute Gasteiger partial charge is 0.337 e. The third kappa shape index (κ3) is 3.68. The molecule has 28 heavy (non-hydrogen) atoms. The monoisotopic (exact) mass is 421 g/mol. The number of rotatable bonds is 5. The maximum atomic E-state index is 13.5. The molecule has 1 aliphatic heterocycles. The smallest absolute Gasteiger partial charge is 0.124 e. The van der Waals surface area contributed by atoms with Crippen LogP contribution in [0.2, 0.25) is 0 Å². The Bertz CT molecular complexity index is 965. The lowest BCUT2D eigenvalue weighted by atomic mass is 9.93. The highest BCUT2D eigenvalue weighted by Crippen LogP contribution is 2.56. The second-order valence-corrected chi connectivity index (χ2v) is 9.03. The van der Waals surface area contributed by atoms with Gasteiger partial charge >= 0.3 is 0 Å². The van der Waals surface area contributed by atoms with Crippen LogP contribution >= 0.6 is 23.7 Å². The van der Waals surface area contributed by atoms with Crippen molar-refractivity contribution in [3.63, 3.8) is 0 Å². The van der Waals surface area contributed by atoms with E-state index in [0.717, 1.165) is 47.2 Å². The van der Waals surface area contributed by atoms with E-state index < -0.39 is 0 Å². The molecule has 1 spiro atoms. The maximum Gasteiger partial charge on any atom is 0.124 e. The molecule has 8 heteroatoms. The molecule has 1 aromatic carbocycles. The summed E-state index contributed by atoms with van der Waals surface area (Å²) in [6.45, 7) is 3.86. The van der Waals surface area contributed by atoms with Crippen LogP contribution in [0.1, 0.15) is 30.1 Å². The molecule has 0 radical (unpaired) electrons. The van der Waals surface area contributed by atoms with Crippen LogP contribution in [0.4, 0.5) is 4.39 Å². The summed E-state index contributed by atoms with van der Waals surface area (Å²) in [5.41, 5.74) is 1.35. The first-order valence-corrected chi connectivity index (χ1v) is 10.4. The number of thiazole rings is 1. The molecule has 1 saturated heterocycles. The molecule has 1 aliphatic carbocycles. The fourth-order valence-electron chi connectivity index (χ4n) is 4.50. The summed E-state index contributed by atoms with van der Waals surface area (Å²) in [6.07, 6.45) is 7.63. The SMILES string of the molecule is Cl.Cn1ccnc1CN(Cc1nc2ccc(F)cc2s1)C1CC12CCNCC2. The Morgan fingerprint density at radius 2 is 2.14 bits per heavy atom. The third-order valence-electron chi connectivity index (χ3n) is 6.19. The van der Waals surface area contributed by atoms with Crippen molar-refractivity contribution in [3.8, 4) is 0 Å². The number of hydrogen-bond donors (Lipinski definition) is 1. The molecular weight excluding hydrogens is 397 g/mol. The van der Waals surface area contributed by atoms with Gasteiger partial charge in [-0.3, -0.25) is 4.90 Å². The predicted molar refractivity (Wildman–Crippen MR) is 112 cm³/mol. The molecule has 2 aromatic heterocycles. The normalized spacial score (nSPS) is 20.6. The van der Waals surface area contributed by atoms with Gasteiger partial charge in [-0.15, -0.1) is 23.7 Å². The Balaban J connectivity index is 0.00000192. The van der Waals surface area contributed by atoms with Gasteiger partial charge in [0.2, 0.25) is 0 Å². The first kappa shape index (κ1) is 19.8. The van der Waals surface area contributed by atoms with E-state index in [1.165, 1.54) is 25.3 Å². The number of nitrogens with zero attached hydrogens (tertiary/aromatic N) is 4. The number of halogens is 2. The predicted octanol–water partition coefficient (Wildman–Crippen LogP) is 3.74. The van der Waals surface area contributed by atoms with Crippen molar-refractivity contribution in [2.45, 2.75) is 38.4 Å². The molecule has 2 aliphatic rings. The van der Waals surface area contributed by atoms with Crippen molar-refractivity contribution < 1.29 is 4.39 Å². The highest BCUT2D eigenvalue weighted by atomic mass is 35.5. The Labute approximate surface area is 174 Å². The lowest BCUT2D eigenvalue weighted by molar-refractivity contribution is 0.182. The molecule has 1 saturated carbocycles. The summed E-state index contributed by atoms with van der Waals surface area (Å²) in [4.78, 5) is 11.8. The van der Waals surface area contributed by atoms with Gasteiger partial charge in [-0.05, 0) is 56.0 Å². The van der Waals surface area contributed by atoms with E-state index in [4.69, 9.17) is 4.98 Å². The van der Waals surface area contributed by atoms with Gasteiger partial charge in [0.1, 0.15) is 16.6 Å². The molecule has 5 rings (SSSR count). The number of benzene rings is 1. The number of imidazole rings is 1. The first-order chi connectivity index (χ1) is 13.1. The number of aromatic nitrogens is 3. The van der Waals surface area contributed by atoms with Crippen LogP contribution in [-0.4, -0.2) is 38.6 Å². The molecule has 5 nitrogen and oxygen atoms in total. The van der Waals surface area contributed by atoms with Crippen LogP contribution in [-0.2, 0) is 20.1 Å². The van der Waals surface area contributed by atoms with Crippen molar-refractivity contribution in [1.29, 1.82) is 0 Å². The van der Waals surface area contributed by atoms with Gasteiger partial charge in [-0.2, -0.15) is 0 Å². The molecule has 2 fully saturated rings. The second-order valence-electron chi connectivity index (χ2n) is 7.91. The average molecular weight is 422 g/mol. The summed E-state index contributed by atoms with van der Waals surface area (Å²) in [7, 11) is 2.05. The zero-order valence-electron chi connectivity index (χ0n) is 15.9. The zero-order chi connectivity index (χ0) is 18.4. The lowest BCUT2D eigenvalue weighted by Crippen LogP contribution is -2.36. The van der Waals surface area contributed by atoms with E-state index in [0.29, 0.717) is 11.5 Å². The standard InChI is InChI=1S/C20H24FN5S.ClH/c1-25-9-8-23-18(25)12-26(17-11-20(17)4-6-22-7-5-20)13-19-24-15-3-2-14(21)10-16(15)27-19;/h2-3,8-10,17,22H,4-7,11-13H2,1H3;1H. The number of nitrogens with one attached hydrogen (secondary N) is 1. The van der Waals surface area contributed by atoms with Gasteiger partial charge in [0.05, 0.1) is 23.3 Å². The van der Waals surface area contributed by atoms with E-state index >= 15 is 0 Å². The molecule has 0 amide bonds. The van der Waals surface area contributed by atoms with Gasteiger partial charge in [0.25, 0.3) is 0 Å². The van der Waals surface area contributed by atoms with Gasteiger partial charge in [-0.25, -0.2) is 14.4 Å². The quantitative estimate of drug-likeness (QED) is 0.681. The highest BCUT2D eigenvalue weighted by Gasteiger charge is 2.56. The molecule has 3 heterocycles. The molecule has 1 unspecified atom stereocenters.